The number of aromatic nitrogens is 1. The van der Waals surface area contributed by atoms with Crippen LogP contribution in [0.2, 0.25) is 0 Å². The second kappa shape index (κ2) is 5.98. The zero-order valence-electron chi connectivity index (χ0n) is 9.96. The van der Waals surface area contributed by atoms with Crippen LogP contribution in [0.25, 0.3) is 0 Å². The third-order valence-corrected chi connectivity index (χ3v) is 2.40. The minimum absolute atomic E-state index is 0.147. The van der Waals surface area contributed by atoms with Crippen molar-refractivity contribution in [1.82, 2.24) is 9.88 Å². The predicted octanol–water partition coefficient (Wildman–Crippen LogP) is 1.15. The van der Waals surface area contributed by atoms with Crippen LogP contribution in [0.15, 0.2) is 24.4 Å². The molecule has 1 atom stereocenters. The zero-order valence-corrected chi connectivity index (χ0v) is 9.96. The third kappa shape index (κ3) is 4.22. The second-order valence-electron chi connectivity index (χ2n) is 4.01. The van der Waals surface area contributed by atoms with Gasteiger partial charge in [0.1, 0.15) is 0 Å². The summed E-state index contributed by atoms with van der Waals surface area (Å²) in [5.74, 6) is -1.66. The summed E-state index contributed by atoms with van der Waals surface area (Å²) in [5.41, 5.74) is 0.783. The summed E-state index contributed by atoms with van der Waals surface area (Å²) in [5, 5.41) is 8.62. The molecule has 92 valence electrons. The zero-order chi connectivity index (χ0) is 12.8. The van der Waals surface area contributed by atoms with E-state index in [1.807, 2.05) is 12.1 Å². The van der Waals surface area contributed by atoms with Gasteiger partial charge in [0.15, 0.2) is 0 Å². The van der Waals surface area contributed by atoms with Gasteiger partial charge in [-0.25, -0.2) is 0 Å². The van der Waals surface area contributed by atoms with Gasteiger partial charge in [-0.1, -0.05) is 13.0 Å². The highest BCUT2D eigenvalue weighted by Gasteiger charge is 2.20. The molecule has 1 N–H and O–H groups in total. The van der Waals surface area contributed by atoms with Crippen molar-refractivity contribution in [2.24, 2.45) is 5.92 Å². The Kier molecular flexibility index (Phi) is 4.63. The first-order valence-corrected chi connectivity index (χ1v) is 5.37. The lowest BCUT2D eigenvalue weighted by molar-refractivity contribution is -0.143. The van der Waals surface area contributed by atoms with Crippen molar-refractivity contribution < 1.29 is 14.7 Å². The molecule has 0 bridgehead atoms. The highest BCUT2D eigenvalue weighted by atomic mass is 16.4. The molecule has 0 spiro atoms. The lowest BCUT2D eigenvalue weighted by Crippen LogP contribution is -2.32. The van der Waals surface area contributed by atoms with Gasteiger partial charge in [0, 0.05) is 19.2 Å². The molecule has 0 fully saturated rings. The number of carboxylic acids is 1. The summed E-state index contributed by atoms with van der Waals surface area (Å²) in [6.07, 6.45) is 1.51. The van der Waals surface area contributed by atoms with E-state index in [9.17, 15) is 9.59 Å². The number of nitrogens with zero attached hydrogens (tertiary/aromatic N) is 2. The molecule has 0 aliphatic heterocycles. The fraction of sp³-hybridized carbons (Fsp3) is 0.417. The largest absolute Gasteiger partial charge is 0.481 e. The molecule has 0 aliphatic rings. The quantitative estimate of drug-likeness (QED) is 0.832. The summed E-state index contributed by atoms with van der Waals surface area (Å²) in [4.78, 5) is 27.9. The Hall–Kier alpha value is -1.91. The first-order chi connectivity index (χ1) is 8.00. The number of rotatable bonds is 5. The van der Waals surface area contributed by atoms with Crippen molar-refractivity contribution in [3.05, 3.63) is 30.1 Å². The highest BCUT2D eigenvalue weighted by molar-refractivity contribution is 5.82. The number of carboxylic acid groups (broad SMARTS) is 1. The smallest absolute Gasteiger partial charge is 0.304 e. The maximum absolute atomic E-state index is 11.8. The van der Waals surface area contributed by atoms with Gasteiger partial charge >= 0.3 is 5.97 Å². The van der Waals surface area contributed by atoms with Crippen LogP contribution in [0, 0.1) is 5.92 Å². The molecule has 0 aromatic carbocycles. The van der Waals surface area contributed by atoms with Gasteiger partial charge in [-0.05, 0) is 12.1 Å². The molecule has 0 saturated carbocycles. The molecule has 0 saturated heterocycles. The Labute approximate surface area is 100 Å². The van der Waals surface area contributed by atoms with E-state index in [4.69, 9.17) is 5.11 Å². The summed E-state index contributed by atoms with van der Waals surface area (Å²) in [6, 6.07) is 5.48. The maximum atomic E-state index is 11.8. The monoisotopic (exact) mass is 236 g/mol. The van der Waals surface area contributed by atoms with E-state index in [0.717, 1.165) is 5.69 Å². The molecule has 1 aromatic rings. The predicted molar refractivity (Wildman–Crippen MR) is 62.1 cm³/mol. The Morgan fingerprint density at radius 2 is 2.18 bits per heavy atom. The molecule has 0 aliphatic carbocycles. The Morgan fingerprint density at radius 1 is 1.47 bits per heavy atom. The van der Waals surface area contributed by atoms with Crippen LogP contribution in [0.4, 0.5) is 0 Å². The van der Waals surface area contributed by atoms with Crippen molar-refractivity contribution in [2.45, 2.75) is 19.9 Å². The van der Waals surface area contributed by atoms with Crippen molar-refractivity contribution in [3.8, 4) is 0 Å². The van der Waals surface area contributed by atoms with Crippen LogP contribution in [0.3, 0.4) is 0 Å². The van der Waals surface area contributed by atoms with E-state index in [1.54, 1.807) is 26.2 Å². The minimum atomic E-state index is -0.961. The Balaban J connectivity index is 2.55. The average molecular weight is 236 g/mol. The van der Waals surface area contributed by atoms with Gasteiger partial charge in [0.25, 0.3) is 0 Å². The molecule has 17 heavy (non-hydrogen) atoms. The van der Waals surface area contributed by atoms with Crippen molar-refractivity contribution >= 4 is 11.9 Å². The molecule has 0 radical (unpaired) electrons. The van der Waals surface area contributed by atoms with Gasteiger partial charge in [0.2, 0.25) is 5.91 Å². The van der Waals surface area contributed by atoms with E-state index >= 15 is 0 Å². The van der Waals surface area contributed by atoms with Crippen molar-refractivity contribution in [1.29, 1.82) is 0 Å². The molecular weight excluding hydrogens is 220 g/mol. The van der Waals surface area contributed by atoms with Crippen LogP contribution >= 0.6 is 0 Å². The topological polar surface area (TPSA) is 70.5 Å². The molecule has 1 heterocycles. The van der Waals surface area contributed by atoms with Crippen molar-refractivity contribution in [2.75, 3.05) is 7.05 Å². The van der Waals surface area contributed by atoms with E-state index in [-0.39, 0.29) is 12.3 Å². The van der Waals surface area contributed by atoms with Gasteiger partial charge in [-0.3, -0.25) is 14.6 Å². The second-order valence-corrected chi connectivity index (χ2v) is 4.01. The first-order valence-electron chi connectivity index (χ1n) is 5.37. The van der Waals surface area contributed by atoms with Crippen LogP contribution in [-0.4, -0.2) is 33.9 Å². The van der Waals surface area contributed by atoms with Crippen LogP contribution in [-0.2, 0) is 16.1 Å². The molecule has 1 aromatic heterocycles. The number of pyridine rings is 1. The van der Waals surface area contributed by atoms with Crippen LogP contribution in [0.1, 0.15) is 19.0 Å². The molecule has 1 rings (SSSR count). The summed E-state index contributed by atoms with van der Waals surface area (Å²) in [7, 11) is 1.65. The maximum Gasteiger partial charge on any atom is 0.304 e. The lowest BCUT2D eigenvalue weighted by atomic mass is 10.1. The number of carbonyl (C=O) groups is 2. The van der Waals surface area contributed by atoms with Crippen molar-refractivity contribution in [3.63, 3.8) is 0 Å². The lowest BCUT2D eigenvalue weighted by Gasteiger charge is -2.20. The summed E-state index contributed by atoms with van der Waals surface area (Å²) < 4.78 is 0. The highest BCUT2D eigenvalue weighted by Crippen LogP contribution is 2.08. The molecule has 5 nitrogen and oxygen atoms in total. The minimum Gasteiger partial charge on any atom is -0.481 e. The molecule has 1 amide bonds. The number of amides is 1. The third-order valence-electron chi connectivity index (χ3n) is 2.40. The Morgan fingerprint density at radius 3 is 2.71 bits per heavy atom. The van der Waals surface area contributed by atoms with Gasteiger partial charge in [0.05, 0.1) is 18.7 Å². The van der Waals surface area contributed by atoms with Crippen LogP contribution in [0.5, 0.6) is 0 Å². The SMILES string of the molecule is CC(CC(=O)O)C(=O)N(C)Cc1ccccn1. The van der Waals surface area contributed by atoms with E-state index < -0.39 is 11.9 Å². The standard InChI is InChI=1S/C12H16N2O3/c1-9(7-11(15)16)12(17)14(2)8-10-5-3-4-6-13-10/h3-6,9H,7-8H2,1-2H3,(H,15,16). The summed E-state index contributed by atoms with van der Waals surface area (Å²) in [6.45, 7) is 2.01. The van der Waals surface area contributed by atoms with E-state index in [2.05, 4.69) is 4.98 Å². The molecule has 1 unspecified atom stereocenters. The fourth-order valence-corrected chi connectivity index (χ4v) is 1.54. The number of aliphatic carboxylic acids is 1. The van der Waals surface area contributed by atoms with Crippen LogP contribution < -0.4 is 0 Å². The van der Waals surface area contributed by atoms with Gasteiger partial charge < -0.3 is 10.0 Å². The first kappa shape index (κ1) is 13.2. The average Bonchev–Trinajstić information content (AvgIpc) is 2.28. The number of carbonyl (C=O) groups excluding carboxylic acids is 1. The normalized spacial score (nSPS) is 11.9. The van der Waals surface area contributed by atoms with E-state index in [1.165, 1.54) is 4.90 Å². The van der Waals surface area contributed by atoms with Gasteiger partial charge in [-0.15, -0.1) is 0 Å². The summed E-state index contributed by atoms with van der Waals surface area (Å²) >= 11 is 0. The molecule has 5 heteroatoms. The molecular formula is C12H16N2O3. The van der Waals surface area contributed by atoms with E-state index in [0.29, 0.717) is 6.54 Å². The number of hydrogen-bond donors (Lipinski definition) is 1. The Bertz CT molecular complexity index is 392. The fourth-order valence-electron chi connectivity index (χ4n) is 1.54. The number of hydrogen-bond acceptors (Lipinski definition) is 3. The van der Waals surface area contributed by atoms with Gasteiger partial charge in [-0.2, -0.15) is 0 Å².